The van der Waals surface area contributed by atoms with E-state index < -0.39 is 5.41 Å². The molecule has 1 N–H and O–H groups in total. The van der Waals surface area contributed by atoms with Crippen LogP contribution < -0.4 is 5.32 Å². The lowest BCUT2D eigenvalue weighted by atomic mass is 9.70. The van der Waals surface area contributed by atoms with Crippen molar-refractivity contribution >= 4 is 11.8 Å². The van der Waals surface area contributed by atoms with Crippen molar-refractivity contribution in [2.75, 3.05) is 40.8 Å². The molecule has 0 spiro atoms. The van der Waals surface area contributed by atoms with Gasteiger partial charge in [0.25, 0.3) is 5.91 Å². The van der Waals surface area contributed by atoms with Gasteiger partial charge in [0.05, 0.1) is 12.1 Å². The first-order valence-corrected chi connectivity index (χ1v) is 12.9. The number of likely N-dealkylation sites (tertiary alicyclic amines) is 1. The van der Waals surface area contributed by atoms with Crippen LogP contribution in [0.3, 0.4) is 0 Å². The Morgan fingerprint density at radius 3 is 1.97 bits per heavy atom. The van der Waals surface area contributed by atoms with E-state index in [1.165, 1.54) is 0 Å². The Kier molecular flexibility index (Phi) is 8.74. The molecule has 4 rings (SSSR count). The summed E-state index contributed by atoms with van der Waals surface area (Å²) in [6.07, 6.45) is 1.28. The van der Waals surface area contributed by atoms with Gasteiger partial charge in [-0.25, -0.2) is 0 Å². The lowest BCUT2D eigenvalue weighted by Gasteiger charge is -2.41. The molecular formula is C31H37N3O3. The van der Waals surface area contributed by atoms with Gasteiger partial charge in [0.2, 0.25) is 5.91 Å². The number of likely N-dealkylation sites (N-methyl/N-ethyl adjacent to an activating group) is 1. The van der Waals surface area contributed by atoms with Gasteiger partial charge in [-0.15, -0.1) is 0 Å². The van der Waals surface area contributed by atoms with Gasteiger partial charge < -0.3 is 19.9 Å². The molecule has 3 aromatic carbocycles. The topological polar surface area (TPSA) is 61.9 Å². The molecule has 6 heteroatoms. The van der Waals surface area contributed by atoms with Gasteiger partial charge in [-0.3, -0.25) is 9.59 Å². The van der Waals surface area contributed by atoms with E-state index in [1.807, 2.05) is 80.8 Å². The number of amides is 2. The molecule has 0 saturated carbocycles. The van der Waals surface area contributed by atoms with Crippen LogP contribution in [0.5, 0.6) is 0 Å². The van der Waals surface area contributed by atoms with Crippen LogP contribution in [0.1, 0.15) is 34.3 Å². The van der Waals surface area contributed by atoms with Crippen molar-refractivity contribution in [3.05, 3.63) is 108 Å². The first kappa shape index (κ1) is 26.6. The predicted octanol–water partition coefficient (Wildman–Crippen LogP) is 3.97. The van der Waals surface area contributed by atoms with E-state index in [1.54, 1.807) is 12.0 Å². The number of benzene rings is 3. The molecule has 2 atom stereocenters. The Labute approximate surface area is 220 Å². The van der Waals surface area contributed by atoms with Crippen LogP contribution in [0.4, 0.5) is 0 Å². The standard InChI is InChI=1S/C31H37N3O3/c1-33(2)30(36)31(25-15-9-5-10-16-25,26-17-11-6-12-18-26)20-22-34-21-19-27(28(23-34)37-3)32-29(35)24-13-7-4-8-14-24/h4-18,27-28H,19-23H2,1-3H3,(H,32,35)/t27-,28-/m0/s1. The van der Waals surface area contributed by atoms with Crippen LogP contribution in [-0.4, -0.2) is 74.6 Å². The number of hydrogen-bond donors (Lipinski definition) is 1. The van der Waals surface area contributed by atoms with Gasteiger partial charge in [-0.2, -0.15) is 0 Å². The highest BCUT2D eigenvalue weighted by Gasteiger charge is 2.43. The minimum absolute atomic E-state index is 0.0645. The number of rotatable bonds is 9. The summed E-state index contributed by atoms with van der Waals surface area (Å²) in [6, 6.07) is 29.4. The van der Waals surface area contributed by atoms with Crippen LogP contribution in [0.15, 0.2) is 91.0 Å². The maximum Gasteiger partial charge on any atom is 0.251 e. The molecule has 0 aliphatic carbocycles. The molecule has 37 heavy (non-hydrogen) atoms. The summed E-state index contributed by atoms with van der Waals surface area (Å²) in [5, 5.41) is 3.16. The molecule has 3 aromatic rings. The molecule has 0 unspecified atom stereocenters. The fourth-order valence-electron chi connectivity index (χ4n) is 5.39. The van der Waals surface area contributed by atoms with Gasteiger partial charge in [0.1, 0.15) is 5.41 Å². The summed E-state index contributed by atoms with van der Waals surface area (Å²) in [5.41, 5.74) is 1.84. The van der Waals surface area contributed by atoms with Gasteiger partial charge in [-0.1, -0.05) is 78.9 Å². The van der Waals surface area contributed by atoms with Crippen LogP contribution in [-0.2, 0) is 14.9 Å². The maximum atomic E-state index is 13.9. The van der Waals surface area contributed by atoms with E-state index >= 15 is 0 Å². The Bertz CT molecular complexity index is 1110. The summed E-state index contributed by atoms with van der Waals surface area (Å²) >= 11 is 0. The molecule has 0 aromatic heterocycles. The number of carbonyl (C=O) groups is 2. The second kappa shape index (κ2) is 12.2. The smallest absolute Gasteiger partial charge is 0.251 e. The molecule has 2 amide bonds. The van der Waals surface area contributed by atoms with Gasteiger partial charge in [-0.05, 0) is 42.6 Å². The van der Waals surface area contributed by atoms with Crippen molar-refractivity contribution < 1.29 is 14.3 Å². The highest BCUT2D eigenvalue weighted by atomic mass is 16.5. The third kappa shape index (κ3) is 5.92. The van der Waals surface area contributed by atoms with Crippen molar-refractivity contribution in [3.8, 4) is 0 Å². The summed E-state index contributed by atoms with van der Waals surface area (Å²) in [7, 11) is 5.35. The Balaban J connectivity index is 1.53. The van der Waals surface area contributed by atoms with Crippen molar-refractivity contribution in [1.82, 2.24) is 15.1 Å². The van der Waals surface area contributed by atoms with Gasteiger partial charge in [0, 0.05) is 39.9 Å². The van der Waals surface area contributed by atoms with Crippen LogP contribution in [0, 0.1) is 0 Å². The molecule has 0 bridgehead atoms. The number of carbonyl (C=O) groups excluding carboxylic acids is 2. The van der Waals surface area contributed by atoms with Crippen molar-refractivity contribution in [2.24, 2.45) is 0 Å². The SMILES string of the molecule is CO[C@H]1CN(CCC(C(=O)N(C)C)(c2ccccc2)c2ccccc2)CC[C@@H]1NC(=O)c1ccccc1. The molecule has 194 valence electrons. The normalized spacial score (nSPS) is 18.2. The zero-order valence-corrected chi connectivity index (χ0v) is 22.0. The molecule has 6 nitrogen and oxygen atoms in total. The molecule has 1 saturated heterocycles. The van der Waals surface area contributed by atoms with E-state index in [0.717, 1.165) is 30.6 Å². The van der Waals surface area contributed by atoms with Crippen molar-refractivity contribution in [3.63, 3.8) is 0 Å². The Hall–Kier alpha value is -3.48. The predicted molar refractivity (Wildman–Crippen MR) is 147 cm³/mol. The van der Waals surface area contributed by atoms with E-state index in [2.05, 4.69) is 34.5 Å². The summed E-state index contributed by atoms with van der Waals surface area (Å²) in [4.78, 5) is 30.7. The maximum absolute atomic E-state index is 13.9. The number of ether oxygens (including phenoxy) is 1. The number of nitrogens with one attached hydrogen (secondary N) is 1. The van der Waals surface area contributed by atoms with Gasteiger partial charge >= 0.3 is 0 Å². The van der Waals surface area contributed by atoms with Crippen LogP contribution in [0.25, 0.3) is 0 Å². The third-order valence-electron chi connectivity index (χ3n) is 7.41. The van der Waals surface area contributed by atoms with E-state index in [-0.39, 0.29) is 24.0 Å². The second-order valence-electron chi connectivity index (χ2n) is 9.90. The zero-order chi connectivity index (χ0) is 26.3. The molecule has 1 heterocycles. The number of methoxy groups -OCH3 is 1. The second-order valence-corrected chi connectivity index (χ2v) is 9.90. The summed E-state index contributed by atoms with van der Waals surface area (Å²) < 4.78 is 5.83. The van der Waals surface area contributed by atoms with E-state index in [9.17, 15) is 9.59 Å². The fraction of sp³-hybridized carbons (Fsp3) is 0.355. The molecule has 1 aliphatic rings. The lowest BCUT2D eigenvalue weighted by molar-refractivity contribution is -0.133. The Morgan fingerprint density at radius 2 is 1.46 bits per heavy atom. The first-order valence-electron chi connectivity index (χ1n) is 12.9. The monoisotopic (exact) mass is 499 g/mol. The fourth-order valence-corrected chi connectivity index (χ4v) is 5.39. The van der Waals surface area contributed by atoms with Crippen molar-refractivity contribution in [2.45, 2.75) is 30.4 Å². The molecule has 0 radical (unpaired) electrons. The van der Waals surface area contributed by atoms with E-state index in [0.29, 0.717) is 18.5 Å². The quantitative estimate of drug-likeness (QED) is 0.484. The largest absolute Gasteiger partial charge is 0.378 e. The van der Waals surface area contributed by atoms with Gasteiger partial charge in [0.15, 0.2) is 0 Å². The first-order chi connectivity index (χ1) is 18.0. The molecule has 1 fully saturated rings. The highest BCUT2D eigenvalue weighted by Crippen LogP contribution is 2.38. The summed E-state index contributed by atoms with van der Waals surface area (Å²) in [5.74, 6) is -0.0111. The van der Waals surface area contributed by atoms with Crippen LogP contribution in [0.2, 0.25) is 0 Å². The average Bonchev–Trinajstić information content (AvgIpc) is 2.95. The molecule has 1 aliphatic heterocycles. The minimum atomic E-state index is -0.799. The molecular weight excluding hydrogens is 462 g/mol. The lowest BCUT2D eigenvalue weighted by Crippen LogP contribution is -2.55. The number of nitrogens with zero attached hydrogens (tertiary/aromatic N) is 2. The van der Waals surface area contributed by atoms with Crippen molar-refractivity contribution in [1.29, 1.82) is 0 Å². The zero-order valence-electron chi connectivity index (χ0n) is 22.0. The third-order valence-corrected chi connectivity index (χ3v) is 7.41. The van der Waals surface area contributed by atoms with E-state index in [4.69, 9.17) is 4.74 Å². The number of hydrogen-bond acceptors (Lipinski definition) is 4. The average molecular weight is 500 g/mol. The minimum Gasteiger partial charge on any atom is -0.378 e. The van der Waals surface area contributed by atoms with Crippen LogP contribution >= 0.6 is 0 Å². The number of piperidine rings is 1. The highest BCUT2D eigenvalue weighted by molar-refractivity contribution is 5.94. The summed E-state index contributed by atoms with van der Waals surface area (Å²) in [6.45, 7) is 2.23. The Morgan fingerprint density at radius 1 is 0.919 bits per heavy atom.